The highest BCUT2D eigenvalue weighted by molar-refractivity contribution is 9.10. The van der Waals surface area contributed by atoms with E-state index < -0.39 is 0 Å². The van der Waals surface area contributed by atoms with Crippen LogP contribution in [0.25, 0.3) is 0 Å². The Morgan fingerprint density at radius 3 is 2.25 bits per heavy atom. The third-order valence-electron chi connectivity index (χ3n) is 2.53. The number of benzene rings is 2. The van der Waals surface area contributed by atoms with Gasteiger partial charge in [0.15, 0.2) is 0 Å². The number of hydrogen-bond donors (Lipinski definition) is 2. The lowest BCUT2D eigenvalue weighted by Gasteiger charge is -2.07. The summed E-state index contributed by atoms with van der Waals surface area (Å²) in [6, 6.07) is 14.1. The number of anilines is 2. The Kier molecular flexibility index (Phi) is 4.53. The molecule has 0 spiro atoms. The van der Waals surface area contributed by atoms with E-state index in [0.717, 1.165) is 4.47 Å². The van der Waals surface area contributed by atoms with Crippen molar-refractivity contribution in [1.29, 1.82) is 0 Å². The summed E-state index contributed by atoms with van der Waals surface area (Å²) >= 11 is 3.35. The molecule has 2 aromatic rings. The van der Waals surface area contributed by atoms with Crippen LogP contribution in [0, 0.1) is 0 Å². The van der Waals surface area contributed by atoms with Crippen molar-refractivity contribution < 1.29 is 9.59 Å². The Balaban J connectivity index is 2.15. The monoisotopic (exact) mass is 332 g/mol. The zero-order valence-electron chi connectivity index (χ0n) is 10.8. The molecule has 2 aromatic carbocycles. The van der Waals surface area contributed by atoms with E-state index in [4.69, 9.17) is 0 Å². The first-order chi connectivity index (χ1) is 9.54. The molecule has 20 heavy (non-hydrogen) atoms. The van der Waals surface area contributed by atoms with Crippen LogP contribution in [0.1, 0.15) is 17.3 Å². The number of carbonyl (C=O) groups excluding carboxylic acids is 2. The number of rotatable bonds is 3. The molecule has 0 atom stereocenters. The standard InChI is InChI=1S/C15H13BrN2O2/c1-10(19)17-13-6-2-4-11(8-13)15(20)18-14-7-3-5-12(16)9-14/h2-9H,1H3,(H,17,19)(H,18,20). The fourth-order valence-electron chi connectivity index (χ4n) is 1.71. The summed E-state index contributed by atoms with van der Waals surface area (Å²) in [7, 11) is 0. The summed E-state index contributed by atoms with van der Waals surface area (Å²) in [5, 5.41) is 5.44. The van der Waals surface area contributed by atoms with Gasteiger partial charge >= 0.3 is 0 Å². The molecule has 0 fully saturated rings. The zero-order chi connectivity index (χ0) is 14.5. The van der Waals surface area contributed by atoms with Crippen LogP contribution in [-0.2, 0) is 4.79 Å². The predicted molar refractivity (Wildman–Crippen MR) is 82.8 cm³/mol. The summed E-state index contributed by atoms with van der Waals surface area (Å²) in [6.07, 6.45) is 0. The van der Waals surface area contributed by atoms with Gasteiger partial charge in [-0.2, -0.15) is 0 Å². The zero-order valence-corrected chi connectivity index (χ0v) is 12.4. The maximum atomic E-state index is 12.1. The molecular weight excluding hydrogens is 320 g/mol. The second-order valence-electron chi connectivity index (χ2n) is 4.23. The Labute approximate surface area is 125 Å². The summed E-state index contributed by atoms with van der Waals surface area (Å²) in [6.45, 7) is 1.42. The van der Waals surface area contributed by atoms with Crippen LogP contribution in [0.4, 0.5) is 11.4 Å². The SMILES string of the molecule is CC(=O)Nc1cccc(C(=O)Nc2cccc(Br)c2)c1. The third kappa shape index (κ3) is 3.93. The lowest BCUT2D eigenvalue weighted by Crippen LogP contribution is -2.13. The van der Waals surface area contributed by atoms with Gasteiger partial charge in [0.2, 0.25) is 5.91 Å². The Bertz CT molecular complexity index is 656. The average Bonchev–Trinajstić information content (AvgIpc) is 2.38. The van der Waals surface area contributed by atoms with Gasteiger partial charge in [-0.05, 0) is 36.4 Å². The molecule has 0 bridgehead atoms. The number of hydrogen-bond acceptors (Lipinski definition) is 2. The van der Waals surface area contributed by atoms with Gasteiger partial charge in [0.1, 0.15) is 0 Å². The highest BCUT2D eigenvalue weighted by atomic mass is 79.9. The van der Waals surface area contributed by atoms with E-state index in [0.29, 0.717) is 16.9 Å². The first kappa shape index (κ1) is 14.3. The Morgan fingerprint density at radius 2 is 1.60 bits per heavy atom. The van der Waals surface area contributed by atoms with Gasteiger partial charge in [0.25, 0.3) is 5.91 Å². The van der Waals surface area contributed by atoms with Gasteiger partial charge in [-0.15, -0.1) is 0 Å². The molecule has 0 saturated heterocycles. The smallest absolute Gasteiger partial charge is 0.255 e. The molecular formula is C15H13BrN2O2. The maximum Gasteiger partial charge on any atom is 0.255 e. The second-order valence-corrected chi connectivity index (χ2v) is 5.14. The summed E-state index contributed by atoms with van der Waals surface area (Å²) < 4.78 is 0.891. The van der Waals surface area contributed by atoms with Gasteiger partial charge in [-0.25, -0.2) is 0 Å². The fourth-order valence-corrected chi connectivity index (χ4v) is 2.11. The van der Waals surface area contributed by atoms with Crippen molar-refractivity contribution in [3.05, 3.63) is 58.6 Å². The first-order valence-corrected chi connectivity index (χ1v) is 6.78. The van der Waals surface area contributed by atoms with E-state index >= 15 is 0 Å². The van der Waals surface area contributed by atoms with Crippen LogP contribution in [0.2, 0.25) is 0 Å². The lowest BCUT2D eigenvalue weighted by atomic mass is 10.2. The van der Waals surface area contributed by atoms with Crippen molar-refractivity contribution in [3.63, 3.8) is 0 Å². The van der Waals surface area contributed by atoms with Crippen molar-refractivity contribution in [2.24, 2.45) is 0 Å². The molecule has 0 aliphatic heterocycles. The van der Waals surface area contributed by atoms with Crippen molar-refractivity contribution in [3.8, 4) is 0 Å². The molecule has 2 N–H and O–H groups in total. The van der Waals surface area contributed by atoms with E-state index in [2.05, 4.69) is 26.6 Å². The van der Waals surface area contributed by atoms with Crippen LogP contribution in [0.5, 0.6) is 0 Å². The van der Waals surface area contributed by atoms with Crippen molar-refractivity contribution in [2.75, 3.05) is 10.6 Å². The molecule has 0 heterocycles. The van der Waals surface area contributed by atoms with Gasteiger partial charge in [-0.1, -0.05) is 28.1 Å². The minimum absolute atomic E-state index is 0.172. The maximum absolute atomic E-state index is 12.1. The van der Waals surface area contributed by atoms with E-state index in [1.165, 1.54) is 6.92 Å². The average molecular weight is 333 g/mol. The highest BCUT2D eigenvalue weighted by Gasteiger charge is 2.07. The van der Waals surface area contributed by atoms with Crippen LogP contribution >= 0.6 is 15.9 Å². The lowest BCUT2D eigenvalue weighted by molar-refractivity contribution is -0.114. The quantitative estimate of drug-likeness (QED) is 0.901. The highest BCUT2D eigenvalue weighted by Crippen LogP contribution is 2.17. The van der Waals surface area contributed by atoms with Crippen LogP contribution in [-0.4, -0.2) is 11.8 Å². The van der Waals surface area contributed by atoms with Gasteiger partial charge in [0.05, 0.1) is 0 Å². The molecule has 0 unspecified atom stereocenters. The molecule has 0 aromatic heterocycles. The normalized spacial score (nSPS) is 9.90. The van der Waals surface area contributed by atoms with Gasteiger partial charge in [0, 0.05) is 28.3 Å². The van der Waals surface area contributed by atoms with Crippen LogP contribution in [0.15, 0.2) is 53.0 Å². The van der Waals surface area contributed by atoms with Crippen LogP contribution in [0.3, 0.4) is 0 Å². The third-order valence-corrected chi connectivity index (χ3v) is 3.02. The number of amides is 2. The molecule has 0 aliphatic rings. The van der Waals surface area contributed by atoms with Crippen LogP contribution < -0.4 is 10.6 Å². The minimum atomic E-state index is -0.227. The van der Waals surface area contributed by atoms with E-state index in [9.17, 15) is 9.59 Å². The first-order valence-electron chi connectivity index (χ1n) is 5.99. The van der Waals surface area contributed by atoms with Gasteiger partial charge in [-0.3, -0.25) is 9.59 Å². The summed E-state index contributed by atoms with van der Waals surface area (Å²) in [4.78, 5) is 23.1. The van der Waals surface area contributed by atoms with E-state index in [1.807, 2.05) is 18.2 Å². The summed E-state index contributed by atoms with van der Waals surface area (Å²) in [5.41, 5.74) is 1.78. The molecule has 102 valence electrons. The number of carbonyl (C=O) groups is 2. The molecule has 2 amide bonds. The molecule has 0 saturated carbocycles. The predicted octanol–water partition coefficient (Wildman–Crippen LogP) is 3.66. The molecule has 5 heteroatoms. The minimum Gasteiger partial charge on any atom is -0.326 e. The molecule has 2 rings (SSSR count). The van der Waals surface area contributed by atoms with Crippen molar-refractivity contribution in [1.82, 2.24) is 0 Å². The molecule has 0 radical (unpaired) electrons. The Hall–Kier alpha value is -2.14. The largest absolute Gasteiger partial charge is 0.326 e. The second kappa shape index (κ2) is 6.34. The number of nitrogens with one attached hydrogen (secondary N) is 2. The fraction of sp³-hybridized carbons (Fsp3) is 0.0667. The molecule has 4 nitrogen and oxygen atoms in total. The van der Waals surface area contributed by atoms with Gasteiger partial charge < -0.3 is 10.6 Å². The summed E-state index contributed by atoms with van der Waals surface area (Å²) in [5.74, 6) is -0.398. The van der Waals surface area contributed by atoms with Crippen molar-refractivity contribution in [2.45, 2.75) is 6.92 Å². The Morgan fingerprint density at radius 1 is 0.950 bits per heavy atom. The topological polar surface area (TPSA) is 58.2 Å². The molecule has 0 aliphatic carbocycles. The van der Waals surface area contributed by atoms with E-state index in [-0.39, 0.29) is 11.8 Å². The van der Waals surface area contributed by atoms with Crippen molar-refractivity contribution >= 4 is 39.1 Å². The number of halogens is 1. The van der Waals surface area contributed by atoms with E-state index in [1.54, 1.807) is 30.3 Å².